The van der Waals surface area contributed by atoms with Crippen molar-refractivity contribution in [3.8, 4) is 23.0 Å². The number of fused-ring (bicyclic) bond motifs is 4. The molecule has 9 rings (SSSR count). The van der Waals surface area contributed by atoms with E-state index in [-0.39, 0.29) is 47.7 Å². The molecule has 0 spiro atoms. The average molecular weight is 812 g/mol. The lowest BCUT2D eigenvalue weighted by Gasteiger charge is -2.55. The molecule has 2 fully saturated rings. The summed E-state index contributed by atoms with van der Waals surface area (Å²) in [7, 11) is 3.22. The predicted octanol–water partition coefficient (Wildman–Crippen LogP) is 9.01. The number of amides is 2. The molecule has 2 amide bonds. The smallest absolute Gasteiger partial charge is 0.238 e. The van der Waals surface area contributed by atoms with E-state index in [1.54, 1.807) is 44.6 Å². The number of phenols is 1. The van der Waals surface area contributed by atoms with Crippen LogP contribution in [-0.4, -0.2) is 49.3 Å². The Kier molecular flexibility index (Phi) is 10.3. The number of allylic oxidation sites excluding steroid dienone is 4. The van der Waals surface area contributed by atoms with Crippen LogP contribution in [0, 0.1) is 23.7 Å². The van der Waals surface area contributed by atoms with Crippen LogP contribution in [0.1, 0.15) is 53.5 Å². The van der Waals surface area contributed by atoms with Crippen LogP contribution in [-0.2, 0) is 24.6 Å². The van der Waals surface area contributed by atoms with E-state index in [2.05, 4.69) is 0 Å². The van der Waals surface area contributed by atoms with Crippen LogP contribution in [0.15, 0.2) is 139 Å². The highest BCUT2D eigenvalue weighted by atomic mass is 16.5. The molecule has 0 bridgehead atoms. The van der Waals surface area contributed by atoms with Gasteiger partial charge in [-0.1, -0.05) is 103 Å². The summed E-state index contributed by atoms with van der Waals surface area (Å²) in [6.07, 6.45) is 7.86. The number of Topliss-reactive ketones (excluding diaryl/α,β-unsaturated/α-hetero) is 1. The summed E-state index contributed by atoms with van der Waals surface area (Å²) in [4.78, 5) is 61.2. The van der Waals surface area contributed by atoms with Crippen molar-refractivity contribution in [1.29, 1.82) is 0 Å². The number of hydrogen-bond donors (Lipinski definition) is 1. The molecular weight excluding hydrogens is 767 g/mol. The minimum absolute atomic E-state index is 0.0491. The first-order valence-corrected chi connectivity index (χ1v) is 20.6. The molecule has 306 valence electrons. The van der Waals surface area contributed by atoms with Crippen LogP contribution < -0.4 is 19.1 Å². The average Bonchev–Trinajstić information content (AvgIpc) is 3.56. The van der Waals surface area contributed by atoms with Crippen molar-refractivity contribution in [2.75, 3.05) is 25.7 Å². The Morgan fingerprint density at radius 1 is 0.770 bits per heavy atom. The highest BCUT2D eigenvalue weighted by Gasteiger charge is 2.66. The first kappa shape index (κ1) is 39.5. The second-order valence-electron chi connectivity index (χ2n) is 16.0. The summed E-state index contributed by atoms with van der Waals surface area (Å²) in [6.45, 7) is 2.12. The summed E-state index contributed by atoms with van der Waals surface area (Å²) >= 11 is 0. The lowest BCUT2D eigenvalue weighted by Crippen LogP contribution is -2.58. The Morgan fingerprint density at radius 2 is 1.51 bits per heavy atom. The molecule has 5 aromatic rings. The largest absolute Gasteiger partial charge is 0.504 e. The molecule has 9 heteroatoms. The first-order chi connectivity index (χ1) is 29.7. The zero-order valence-corrected chi connectivity index (χ0v) is 34.1. The summed E-state index contributed by atoms with van der Waals surface area (Å²) in [5.41, 5.74) is 3.92. The van der Waals surface area contributed by atoms with Crippen molar-refractivity contribution in [2.24, 2.45) is 23.7 Å². The maximum atomic E-state index is 15.3. The summed E-state index contributed by atoms with van der Waals surface area (Å²) in [6, 6.07) is 36.6. The number of rotatable bonds is 10. The number of ether oxygens (including phenoxy) is 3. The van der Waals surface area contributed by atoms with Crippen molar-refractivity contribution >= 4 is 46.8 Å². The second-order valence-corrected chi connectivity index (χ2v) is 16.0. The Labute approximate surface area is 354 Å². The topological polar surface area (TPSA) is 119 Å². The fraction of sp³-hybridized carbons (Fsp3) is 0.231. The minimum Gasteiger partial charge on any atom is -0.504 e. The van der Waals surface area contributed by atoms with E-state index >= 15 is 9.59 Å². The van der Waals surface area contributed by atoms with Gasteiger partial charge in [0.25, 0.3) is 0 Å². The van der Waals surface area contributed by atoms with E-state index in [1.165, 1.54) is 11.0 Å². The number of nitrogens with zero attached hydrogens (tertiary/aromatic N) is 1. The second kappa shape index (κ2) is 15.9. The van der Waals surface area contributed by atoms with Gasteiger partial charge in [0.05, 0.1) is 43.8 Å². The van der Waals surface area contributed by atoms with Gasteiger partial charge in [0.1, 0.15) is 11.5 Å². The third kappa shape index (κ3) is 6.47. The zero-order chi connectivity index (χ0) is 42.4. The van der Waals surface area contributed by atoms with Gasteiger partial charge in [-0.2, -0.15) is 0 Å². The van der Waals surface area contributed by atoms with Gasteiger partial charge in [0.15, 0.2) is 23.1 Å². The zero-order valence-electron chi connectivity index (χ0n) is 34.1. The van der Waals surface area contributed by atoms with Crippen molar-refractivity contribution in [3.63, 3.8) is 0 Å². The number of carbonyl (C=O) groups excluding carboxylic acids is 4. The first-order valence-electron chi connectivity index (χ1n) is 20.6. The number of imide groups is 1. The number of phenolic OH excluding ortho intramolecular Hbond substituents is 1. The third-order valence-corrected chi connectivity index (χ3v) is 13.0. The Hall–Kier alpha value is -7.00. The number of anilines is 1. The standard InChI is InChI=1S/C52H45NO8/c1-4-61-45-28-34(19-25-43(45)54)48-38-23-24-39-47(51(58)53(50(39)57)36-20-16-31(17-21-36)15-18-33-27-37(59-2)22-26-44(33)60-3)41(38)29-42-49(56)40(32-11-7-5-8-12-32)30-46(55)52(42,48)35-13-9-6-10-14-35/h5-23,25-28,30,39,41-42,47-48,54H,4,24,29H2,1-3H3/t39-,41+,42-,47-,48-,52-/m0/s1. The fourth-order valence-corrected chi connectivity index (χ4v) is 10.4. The molecule has 5 aromatic carbocycles. The van der Waals surface area contributed by atoms with Gasteiger partial charge in [-0.05, 0) is 96.5 Å². The van der Waals surface area contributed by atoms with Gasteiger partial charge < -0.3 is 19.3 Å². The van der Waals surface area contributed by atoms with Crippen LogP contribution in [0.5, 0.6) is 23.0 Å². The maximum Gasteiger partial charge on any atom is 0.238 e. The molecule has 1 aliphatic heterocycles. The van der Waals surface area contributed by atoms with Crippen molar-refractivity contribution in [1.82, 2.24) is 0 Å². The van der Waals surface area contributed by atoms with Crippen LogP contribution in [0.4, 0.5) is 5.69 Å². The normalized spacial score (nSPS) is 24.4. The van der Waals surface area contributed by atoms with Crippen molar-refractivity contribution in [3.05, 3.63) is 167 Å². The van der Waals surface area contributed by atoms with E-state index in [1.807, 2.05) is 116 Å². The molecule has 4 aliphatic rings. The molecule has 0 unspecified atom stereocenters. The van der Waals surface area contributed by atoms with Crippen LogP contribution >= 0.6 is 0 Å². The Morgan fingerprint density at radius 3 is 2.21 bits per heavy atom. The quantitative estimate of drug-likeness (QED) is 0.0844. The lowest BCUT2D eigenvalue weighted by atomic mass is 9.44. The Balaban J connectivity index is 1.13. The molecule has 0 aromatic heterocycles. The van der Waals surface area contributed by atoms with E-state index < -0.39 is 35.0 Å². The molecule has 3 aliphatic carbocycles. The molecule has 1 heterocycles. The van der Waals surface area contributed by atoms with E-state index in [4.69, 9.17) is 14.2 Å². The molecule has 1 N–H and O–H groups in total. The van der Waals surface area contributed by atoms with Gasteiger partial charge in [0.2, 0.25) is 11.8 Å². The SMILES string of the molecule is CCOc1cc([C@H]2C3=CC[C@@H]4C(=O)N(c5ccc(C=Cc6cc(OC)ccc6OC)cc5)C(=O)[C@@H]4[C@@H]3C[C@H]3C(=O)C(c4ccccc4)=CC(=O)[C@@]23c2ccccc2)ccc1O. The van der Waals surface area contributed by atoms with Crippen LogP contribution in [0.25, 0.3) is 17.7 Å². The monoisotopic (exact) mass is 811 g/mol. The molecule has 0 radical (unpaired) electrons. The summed E-state index contributed by atoms with van der Waals surface area (Å²) in [5.74, 6) is -2.98. The number of ketones is 2. The fourth-order valence-electron chi connectivity index (χ4n) is 10.4. The summed E-state index contributed by atoms with van der Waals surface area (Å²) < 4.78 is 16.8. The van der Waals surface area contributed by atoms with Gasteiger partial charge in [0, 0.05) is 23.0 Å². The predicted molar refractivity (Wildman–Crippen MR) is 233 cm³/mol. The van der Waals surface area contributed by atoms with E-state index in [0.717, 1.165) is 16.7 Å². The molecule has 6 atom stereocenters. The number of aromatic hydroxyl groups is 1. The third-order valence-electron chi connectivity index (χ3n) is 13.0. The lowest BCUT2D eigenvalue weighted by molar-refractivity contribution is -0.135. The molecule has 61 heavy (non-hydrogen) atoms. The van der Waals surface area contributed by atoms with Gasteiger partial charge in [-0.15, -0.1) is 0 Å². The van der Waals surface area contributed by atoms with E-state index in [9.17, 15) is 14.7 Å². The van der Waals surface area contributed by atoms with Crippen molar-refractivity contribution < 1.29 is 38.5 Å². The number of methoxy groups -OCH3 is 2. The maximum absolute atomic E-state index is 15.3. The van der Waals surface area contributed by atoms with E-state index in [0.29, 0.717) is 46.1 Å². The van der Waals surface area contributed by atoms with Gasteiger partial charge in [-0.3, -0.25) is 24.1 Å². The Bertz CT molecular complexity index is 2650. The minimum atomic E-state index is -1.39. The van der Waals surface area contributed by atoms with Gasteiger partial charge >= 0.3 is 0 Å². The van der Waals surface area contributed by atoms with Crippen molar-refractivity contribution in [2.45, 2.75) is 31.1 Å². The molecule has 9 nitrogen and oxygen atoms in total. The highest BCUT2D eigenvalue weighted by molar-refractivity contribution is 6.32. The molecular formula is C52H45NO8. The number of hydrogen-bond acceptors (Lipinski definition) is 8. The van der Waals surface area contributed by atoms with Gasteiger partial charge in [-0.25, -0.2) is 0 Å². The van der Waals surface area contributed by atoms with Crippen LogP contribution in [0.2, 0.25) is 0 Å². The number of carbonyl (C=O) groups is 4. The summed E-state index contributed by atoms with van der Waals surface area (Å²) in [5, 5.41) is 10.9. The highest BCUT2D eigenvalue weighted by Crippen LogP contribution is 2.64. The number of benzene rings is 5. The van der Waals surface area contributed by atoms with Crippen LogP contribution in [0.3, 0.4) is 0 Å². The molecule has 1 saturated carbocycles. The molecule has 1 saturated heterocycles.